The van der Waals surface area contributed by atoms with Crippen molar-refractivity contribution in [2.45, 2.75) is 44.1 Å². The van der Waals surface area contributed by atoms with Crippen molar-refractivity contribution >= 4 is 17.2 Å². The van der Waals surface area contributed by atoms with Crippen LogP contribution in [-0.4, -0.2) is 34.4 Å². The molecule has 2 heterocycles. The van der Waals surface area contributed by atoms with Crippen molar-refractivity contribution in [3.05, 3.63) is 16.1 Å². The predicted octanol–water partition coefficient (Wildman–Crippen LogP) is 1.65. The van der Waals surface area contributed by atoms with Crippen molar-refractivity contribution in [3.8, 4) is 0 Å². The zero-order valence-electron chi connectivity index (χ0n) is 10.7. The van der Waals surface area contributed by atoms with E-state index in [1.165, 1.54) is 5.01 Å². The molecule has 5 heteroatoms. The molecule has 3 rings (SSSR count). The molecule has 1 atom stereocenters. The molecule has 18 heavy (non-hydrogen) atoms. The van der Waals surface area contributed by atoms with Gasteiger partial charge in [-0.2, -0.15) is 0 Å². The Bertz CT molecular complexity index is 467. The van der Waals surface area contributed by atoms with E-state index in [-0.39, 0.29) is 5.91 Å². The van der Waals surface area contributed by atoms with Gasteiger partial charge in [0.25, 0.3) is 0 Å². The summed E-state index contributed by atoms with van der Waals surface area (Å²) in [5.41, 5.74) is 6.56. The molecule has 98 valence electrons. The van der Waals surface area contributed by atoms with E-state index in [1.807, 2.05) is 11.8 Å². The number of hydrogen-bond donors (Lipinski definition) is 1. The van der Waals surface area contributed by atoms with E-state index < -0.39 is 5.54 Å². The summed E-state index contributed by atoms with van der Waals surface area (Å²) in [6.07, 6.45) is 3.89. The number of likely N-dealkylation sites (tertiary alicyclic amines) is 1. The van der Waals surface area contributed by atoms with Crippen molar-refractivity contribution in [1.29, 1.82) is 0 Å². The van der Waals surface area contributed by atoms with E-state index in [0.717, 1.165) is 44.5 Å². The quantitative estimate of drug-likeness (QED) is 0.884. The fourth-order valence-corrected chi connectivity index (χ4v) is 3.51. The van der Waals surface area contributed by atoms with Crippen LogP contribution in [0.15, 0.2) is 5.38 Å². The summed E-state index contributed by atoms with van der Waals surface area (Å²) < 4.78 is 0. The standard InChI is InChI=1S/C13H19N3OS/c1-9-8-18-11(15-9)10-3-2-6-16(7-10)12(17)13(14)4-5-13/h8,10H,2-7,14H2,1H3. The summed E-state index contributed by atoms with van der Waals surface area (Å²) in [6.45, 7) is 3.67. The molecule has 0 bridgehead atoms. The van der Waals surface area contributed by atoms with Gasteiger partial charge in [-0.3, -0.25) is 4.79 Å². The number of carbonyl (C=O) groups excluding carboxylic acids is 1. The van der Waals surface area contributed by atoms with Crippen LogP contribution in [0.3, 0.4) is 0 Å². The van der Waals surface area contributed by atoms with Gasteiger partial charge >= 0.3 is 0 Å². The average Bonchev–Trinajstić information content (AvgIpc) is 2.98. The molecule has 1 saturated carbocycles. The summed E-state index contributed by atoms with van der Waals surface area (Å²) in [7, 11) is 0. The number of aromatic nitrogens is 1. The maximum atomic E-state index is 12.2. The van der Waals surface area contributed by atoms with Crippen molar-refractivity contribution in [1.82, 2.24) is 9.88 Å². The Balaban J connectivity index is 1.70. The SMILES string of the molecule is Cc1csc(C2CCCN(C(=O)C3(N)CC3)C2)n1. The molecule has 2 fully saturated rings. The lowest BCUT2D eigenvalue weighted by Gasteiger charge is -2.33. The number of amides is 1. The number of piperidine rings is 1. The van der Waals surface area contributed by atoms with Crippen LogP contribution in [-0.2, 0) is 4.79 Å². The van der Waals surface area contributed by atoms with Crippen LogP contribution in [0.4, 0.5) is 0 Å². The second-order valence-electron chi connectivity index (χ2n) is 5.57. The smallest absolute Gasteiger partial charge is 0.242 e. The highest BCUT2D eigenvalue weighted by Crippen LogP contribution is 2.37. The molecular weight excluding hydrogens is 246 g/mol. The van der Waals surface area contributed by atoms with Gasteiger partial charge in [-0.05, 0) is 32.6 Å². The zero-order chi connectivity index (χ0) is 12.8. The van der Waals surface area contributed by atoms with Crippen LogP contribution in [0.25, 0.3) is 0 Å². The highest BCUT2D eigenvalue weighted by molar-refractivity contribution is 7.09. The Morgan fingerprint density at radius 1 is 1.61 bits per heavy atom. The largest absolute Gasteiger partial charge is 0.340 e. The monoisotopic (exact) mass is 265 g/mol. The molecule has 1 aliphatic heterocycles. The summed E-state index contributed by atoms with van der Waals surface area (Å²) in [5.74, 6) is 0.559. The summed E-state index contributed by atoms with van der Waals surface area (Å²) in [4.78, 5) is 18.8. The molecule has 1 amide bonds. The minimum Gasteiger partial charge on any atom is -0.340 e. The third-order valence-electron chi connectivity index (χ3n) is 3.91. The Labute approximate surface area is 111 Å². The first kappa shape index (κ1) is 12.1. The molecule has 0 radical (unpaired) electrons. The highest BCUT2D eigenvalue weighted by atomic mass is 32.1. The minimum atomic E-state index is -0.527. The fourth-order valence-electron chi connectivity index (χ4n) is 2.59. The van der Waals surface area contributed by atoms with Crippen LogP contribution in [0.2, 0.25) is 0 Å². The van der Waals surface area contributed by atoms with Gasteiger partial charge in [-0.1, -0.05) is 0 Å². The molecule has 1 aromatic rings. The van der Waals surface area contributed by atoms with E-state index in [2.05, 4.69) is 10.4 Å². The molecule has 2 aliphatic rings. The first-order valence-electron chi connectivity index (χ1n) is 6.59. The Kier molecular flexibility index (Phi) is 2.90. The number of carbonyl (C=O) groups is 1. The van der Waals surface area contributed by atoms with E-state index >= 15 is 0 Å². The predicted molar refractivity (Wildman–Crippen MR) is 71.6 cm³/mol. The first-order valence-corrected chi connectivity index (χ1v) is 7.47. The first-order chi connectivity index (χ1) is 8.58. The van der Waals surface area contributed by atoms with Gasteiger partial charge < -0.3 is 10.6 Å². The molecule has 1 saturated heterocycles. The molecule has 2 N–H and O–H groups in total. The lowest BCUT2D eigenvalue weighted by Crippen LogP contribution is -2.49. The second kappa shape index (κ2) is 4.31. The maximum Gasteiger partial charge on any atom is 0.242 e. The van der Waals surface area contributed by atoms with Crippen molar-refractivity contribution in [2.75, 3.05) is 13.1 Å². The van der Waals surface area contributed by atoms with Gasteiger partial charge in [0.1, 0.15) is 0 Å². The zero-order valence-corrected chi connectivity index (χ0v) is 11.5. The topological polar surface area (TPSA) is 59.2 Å². The van der Waals surface area contributed by atoms with Crippen LogP contribution < -0.4 is 5.73 Å². The van der Waals surface area contributed by atoms with Crippen molar-refractivity contribution in [3.63, 3.8) is 0 Å². The Hall–Kier alpha value is -0.940. The van der Waals surface area contributed by atoms with E-state index in [4.69, 9.17) is 5.73 Å². The van der Waals surface area contributed by atoms with Crippen LogP contribution in [0.5, 0.6) is 0 Å². The number of thiazole rings is 1. The van der Waals surface area contributed by atoms with Gasteiger partial charge in [0.05, 0.1) is 10.5 Å². The Morgan fingerprint density at radius 2 is 2.39 bits per heavy atom. The molecule has 4 nitrogen and oxygen atoms in total. The van der Waals surface area contributed by atoms with E-state index in [1.54, 1.807) is 11.3 Å². The van der Waals surface area contributed by atoms with Gasteiger partial charge in [0.15, 0.2) is 0 Å². The molecule has 1 aromatic heterocycles. The third kappa shape index (κ3) is 2.17. The summed E-state index contributed by atoms with van der Waals surface area (Å²) >= 11 is 1.71. The molecule has 0 spiro atoms. The molecule has 1 aliphatic carbocycles. The van der Waals surface area contributed by atoms with Crippen molar-refractivity contribution in [2.24, 2.45) is 5.73 Å². The third-order valence-corrected chi connectivity index (χ3v) is 5.03. The lowest BCUT2D eigenvalue weighted by atomic mass is 9.98. The van der Waals surface area contributed by atoms with Gasteiger partial charge in [0.2, 0.25) is 5.91 Å². The maximum absolute atomic E-state index is 12.2. The van der Waals surface area contributed by atoms with Crippen molar-refractivity contribution < 1.29 is 4.79 Å². The molecule has 1 unspecified atom stereocenters. The number of aryl methyl sites for hydroxylation is 1. The van der Waals surface area contributed by atoms with E-state index in [0.29, 0.717) is 5.92 Å². The molecular formula is C13H19N3OS. The molecule has 0 aromatic carbocycles. The number of nitrogens with zero attached hydrogens (tertiary/aromatic N) is 2. The Morgan fingerprint density at radius 3 is 3.00 bits per heavy atom. The second-order valence-corrected chi connectivity index (χ2v) is 6.46. The van der Waals surface area contributed by atoms with Gasteiger partial charge in [-0.15, -0.1) is 11.3 Å². The van der Waals surface area contributed by atoms with Crippen LogP contribution in [0, 0.1) is 6.92 Å². The fraction of sp³-hybridized carbons (Fsp3) is 0.692. The summed E-state index contributed by atoms with van der Waals surface area (Å²) in [5, 5.41) is 3.26. The van der Waals surface area contributed by atoms with Gasteiger partial charge in [0, 0.05) is 30.1 Å². The van der Waals surface area contributed by atoms with Gasteiger partial charge in [-0.25, -0.2) is 4.98 Å². The lowest BCUT2D eigenvalue weighted by molar-refractivity contribution is -0.134. The normalized spacial score (nSPS) is 26.1. The average molecular weight is 265 g/mol. The number of rotatable bonds is 2. The number of hydrogen-bond acceptors (Lipinski definition) is 4. The van der Waals surface area contributed by atoms with Crippen LogP contribution in [0.1, 0.15) is 42.3 Å². The van der Waals surface area contributed by atoms with E-state index in [9.17, 15) is 4.79 Å². The van der Waals surface area contributed by atoms with Crippen LogP contribution >= 0.6 is 11.3 Å². The summed E-state index contributed by atoms with van der Waals surface area (Å²) in [6, 6.07) is 0. The minimum absolute atomic E-state index is 0.153. The highest BCUT2D eigenvalue weighted by Gasteiger charge is 2.48. The number of nitrogens with two attached hydrogens (primary N) is 1.